The Morgan fingerprint density at radius 3 is 2.44 bits per heavy atom. The molecule has 8 rings (SSSR count). The van der Waals surface area contributed by atoms with Crippen LogP contribution in [0.25, 0.3) is 21.8 Å². The zero-order chi connectivity index (χ0) is 37.4. The maximum Gasteiger partial charge on any atom is 0.109 e. The van der Waals surface area contributed by atoms with Crippen LogP contribution in [0.3, 0.4) is 0 Å². The minimum atomic E-state index is -0.363. The Bertz CT molecular complexity index is 2470. The first-order valence-electron chi connectivity index (χ1n) is 18.1. The van der Waals surface area contributed by atoms with Crippen molar-refractivity contribution in [1.82, 2.24) is 34.7 Å². The van der Waals surface area contributed by atoms with Gasteiger partial charge in [0.15, 0.2) is 0 Å². The van der Waals surface area contributed by atoms with Gasteiger partial charge in [0.1, 0.15) is 11.8 Å². The van der Waals surface area contributed by atoms with Crippen molar-refractivity contribution in [2.45, 2.75) is 57.8 Å². The highest BCUT2D eigenvalue weighted by Gasteiger charge is 2.29. The van der Waals surface area contributed by atoms with Crippen LogP contribution in [0.5, 0.6) is 0 Å². The summed E-state index contributed by atoms with van der Waals surface area (Å²) in [5.41, 5.74) is 7.20. The second-order valence-corrected chi connectivity index (χ2v) is 15.7. The maximum absolute atomic E-state index is 10.2. The predicted octanol–water partition coefficient (Wildman–Crippen LogP) is 9.78. The predicted molar refractivity (Wildman–Crippen MR) is 217 cm³/mol. The third kappa shape index (κ3) is 7.35. The van der Waals surface area contributed by atoms with E-state index in [9.17, 15) is 5.26 Å². The molecule has 0 bridgehead atoms. The first-order chi connectivity index (χ1) is 26.1. The molecule has 0 spiro atoms. The molecular weight excluding hydrogens is 715 g/mol. The molecule has 4 aromatic carbocycles. The quantitative estimate of drug-likeness (QED) is 0.150. The van der Waals surface area contributed by atoms with Crippen LogP contribution in [0.15, 0.2) is 104 Å². The minimum Gasteiger partial charge on any atom is -0.373 e. The molecular formula is C42H40Cl2N10. The van der Waals surface area contributed by atoms with Gasteiger partial charge in [-0.05, 0) is 87.2 Å². The lowest BCUT2D eigenvalue weighted by Crippen LogP contribution is -2.46. The van der Waals surface area contributed by atoms with Crippen molar-refractivity contribution in [3.8, 4) is 6.07 Å². The second-order valence-electron chi connectivity index (χ2n) is 14.8. The van der Waals surface area contributed by atoms with Crippen molar-refractivity contribution in [2.75, 3.05) is 23.7 Å². The fraction of sp³-hybridized carbons (Fsp3) is 0.262. The number of rotatable bonds is 9. The highest BCUT2D eigenvalue weighted by atomic mass is 35.5. The number of benzene rings is 4. The SMILES string of the molecule is CC(C)(C)N1CCC(n2cc(C(Nc3cc(Cl)c4ncc(C#N)c(Nc5ccc6c(cnn6Cc6ccccc6)c5)c4c3)c3ccc(Cl)cc3)nn2)CC1. The molecule has 7 aromatic rings. The minimum absolute atomic E-state index is 0.142. The zero-order valence-corrected chi connectivity index (χ0v) is 31.9. The third-order valence-corrected chi connectivity index (χ3v) is 10.8. The molecule has 10 nitrogen and oxygen atoms in total. The number of hydrogen-bond donors (Lipinski definition) is 2. The lowest BCUT2D eigenvalue weighted by molar-refractivity contribution is 0.0866. The van der Waals surface area contributed by atoms with Gasteiger partial charge < -0.3 is 10.6 Å². The Labute approximate surface area is 324 Å². The van der Waals surface area contributed by atoms with Crippen molar-refractivity contribution < 1.29 is 0 Å². The largest absolute Gasteiger partial charge is 0.373 e. The van der Waals surface area contributed by atoms with Crippen molar-refractivity contribution in [3.05, 3.63) is 136 Å². The van der Waals surface area contributed by atoms with Crippen LogP contribution in [0.1, 0.15) is 68.1 Å². The molecule has 2 N–H and O–H groups in total. The highest BCUT2D eigenvalue weighted by molar-refractivity contribution is 6.36. The van der Waals surface area contributed by atoms with Gasteiger partial charge in [0.25, 0.3) is 0 Å². The van der Waals surface area contributed by atoms with E-state index in [0.29, 0.717) is 38.7 Å². The van der Waals surface area contributed by atoms with Crippen LogP contribution >= 0.6 is 23.2 Å². The number of pyridine rings is 1. The summed E-state index contributed by atoms with van der Waals surface area (Å²) in [6.45, 7) is 9.49. The van der Waals surface area contributed by atoms with E-state index in [4.69, 9.17) is 23.2 Å². The lowest BCUT2D eigenvalue weighted by atomic mass is 9.98. The number of anilines is 3. The van der Waals surface area contributed by atoms with Gasteiger partial charge in [-0.2, -0.15) is 10.4 Å². The van der Waals surface area contributed by atoms with Crippen LogP contribution in [-0.2, 0) is 6.54 Å². The molecule has 0 amide bonds. The zero-order valence-electron chi connectivity index (χ0n) is 30.3. The van der Waals surface area contributed by atoms with Crippen LogP contribution in [-0.4, -0.2) is 53.3 Å². The summed E-state index contributed by atoms with van der Waals surface area (Å²) in [6.07, 6.45) is 7.48. The van der Waals surface area contributed by atoms with E-state index >= 15 is 0 Å². The van der Waals surface area contributed by atoms with Gasteiger partial charge >= 0.3 is 0 Å². The summed E-state index contributed by atoms with van der Waals surface area (Å²) in [5.74, 6) is 0. The van der Waals surface area contributed by atoms with Gasteiger partial charge in [-0.1, -0.05) is 70.9 Å². The van der Waals surface area contributed by atoms with Crippen LogP contribution in [0, 0.1) is 11.3 Å². The average molecular weight is 756 g/mol. The van der Waals surface area contributed by atoms with Gasteiger partial charge in [-0.25, -0.2) is 4.68 Å². The van der Waals surface area contributed by atoms with E-state index in [1.165, 1.54) is 5.56 Å². The number of aromatic nitrogens is 6. The summed E-state index contributed by atoms with van der Waals surface area (Å²) in [7, 11) is 0. The van der Waals surface area contributed by atoms with Crippen molar-refractivity contribution in [2.24, 2.45) is 0 Å². The number of likely N-dealkylation sites (tertiary alicyclic amines) is 1. The van der Waals surface area contributed by atoms with Crippen molar-refractivity contribution >= 4 is 62.1 Å². The molecule has 54 heavy (non-hydrogen) atoms. The van der Waals surface area contributed by atoms with Gasteiger partial charge in [0.05, 0.1) is 58.3 Å². The van der Waals surface area contributed by atoms with Crippen LogP contribution in [0.4, 0.5) is 17.1 Å². The molecule has 272 valence electrons. The molecule has 12 heteroatoms. The lowest BCUT2D eigenvalue weighted by Gasteiger charge is -2.40. The summed E-state index contributed by atoms with van der Waals surface area (Å²) < 4.78 is 4.00. The van der Waals surface area contributed by atoms with Gasteiger partial charge in [-0.15, -0.1) is 5.10 Å². The fourth-order valence-corrected chi connectivity index (χ4v) is 7.70. The normalized spacial score (nSPS) is 14.7. The fourth-order valence-electron chi connectivity index (χ4n) is 7.31. The van der Waals surface area contributed by atoms with E-state index in [1.54, 1.807) is 6.20 Å². The highest BCUT2D eigenvalue weighted by Crippen LogP contribution is 2.38. The third-order valence-electron chi connectivity index (χ3n) is 10.3. The Hall–Kier alpha value is -5.47. The molecule has 1 aliphatic rings. The number of halogens is 2. The standard InChI is InChI=1S/C42H40Cl2N10/c1-42(2,3)52-17-15-34(16-18-52)53-26-37(50-51-53)40(28-9-11-31(43)12-10-28)49-33-20-35-39(30(22-45)23-46-41(35)36(44)21-33)48-32-13-14-38-29(19-32)24-47-54(38)25-27-7-5-4-6-8-27/h4-14,19-21,23-24,26,34,40,49H,15-18,25H2,1-3H3,(H,46,48). The van der Waals surface area contributed by atoms with E-state index in [1.807, 2.05) is 94.6 Å². The van der Waals surface area contributed by atoms with Crippen LogP contribution < -0.4 is 10.6 Å². The molecule has 1 unspecified atom stereocenters. The van der Waals surface area contributed by atoms with E-state index in [0.717, 1.165) is 59.5 Å². The van der Waals surface area contributed by atoms with E-state index in [2.05, 4.69) is 74.9 Å². The molecule has 0 radical (unpaired) electrons. The summed E-state index contributed by atoms with van der Waals surface area (Å²) >= 11 is 13.3. The van der Waals surface area contributed by atoms with Gasteiger partial charge in [-0.3, -0.25) is 14.6 Å². The molecule has 0 saturated carbocycles. The second kappa shape index (κ2) is 14.7. The first-order valence-corrected chi connectivity index (χ1v) is 18.9. The summed E-state index contributed by atoms with van der Waals surface area (Å²) in [6, 6.07) is 30.1. The topological polar surface area (TPSA) is 113 Å². The number of nitriles is 1. The molecule has 1 fully saturated rings. The Morgan fingerprint density at radius 2 is 1.70 bits per heavy atom. The van der Waals surface area contributed by atoms with E-state index in [-0.39, 0.29) is 17.6 Å². The first kappa shape index (κ1) is 35.6. The molecule has 3 aromatic heterocycles. The summed E-state index contributed by atoms with van der Waals surface area (Å²) in [4.78, 5) is 7.11. The molecule has 1 atom stereocenters. The summed E-state index contributed by atoms with van der Waals surface area (Å²) in [5, 5.41) is 34.1. The van der Waals surface area contributed by atoms with Crippen molar-refractivity contribution in [1.29, 1.82) is 5.26 Å². The number of fused-ring (bicyclic) bond motifs is 2. The Kier molecular flexibility index (Phi) is 9.71. The Balaban J connectivity index is 1.11. The van der Waals surface area contributed by atoms with Gasteiger partial charge in [0.2, 0.25) is 0 Å². The Morgan fingerprint density at radius 1 is 0.926 bits per heavy atom. The molecule has 4 heterocycles. The molecule has 1 aliphatic heterocycles. The van der Waals surface area contributed by atoms with Gasteiger partial charge in [0, 0.05) is 52.0 Å². The van der Waals surface area contributed by atoms with Crippen LogP contribution in [0.2, 0.25) is 10.0 Å². The smallest absolute Gasteiger partial charge is 0.109 e. The number of nitrogens with one attached hydrogen (secondary N) is 2. The maximum atomic E-state index is 10.2. The molecule has 1 saturated heterocycles. The number of nitrogens with zero attached hydrogens (tertiary/aromatic N) is 8. The monoisotopic (exact) mass is 754 g/mol. The van der Waals surface area contributed by atoms with Crippen molar-refractivity contribution in [3.63, 3.8) is 0 Å². The average Bonchev–Trinajstić information content (AvgIpc) is 3.82. The van der Waals surface area contributed by atoms with E-state index < -0.39 is 0 Å². The number of piperidine rings is 1. The molecule has 0 aliphatic carbocycles. The number of hydrogen-bond acceptors (Lipinski definition) is 8.